The molecule has 0 bridgehead atoms. The fourth-order valence-corrected chi connectivity index (χ4v) is 2.95. The topological polar surface area (TPSA) is 88.2 Å². The maximum Gasteiger partial charge on any atom is 0.326 e. The summed E-state index contributed by atoms with van der Waals surface area (Å²) in [6, 6.07) is 14.0. The molecule has 8 nitrogen and oxygen atoms in total. The number of carbonyl (C=O) groups is 3. The van der Waals surface area contributed by atoms with Gasteiger partial charge >= 0.3 is 6.03 Å². The van der Waals surface area contributed by atoms with E-state index in [9.17, 15) is 14.4 Å². The lowest BCUT2D eigenvalue weighted by molar-refractivity contribution is -0.125. The number of benzene rings is 2. The molecule has 152 valence electrons. The Morgan fingerprint density at radius 3 is 2.38 bits per heavy atom. The lowest BCUT2D eigenvalue weighted by Crippen LogP contribution is -2.32. The number of para-hydroxylation sites is 2. The molecule has 0 atom stereocenters. The first-order valence-corrected chi connectivity index (χ1v) is 9.24. The molecule has 0 spiro atoms. The van der Waals surface area contributed by atoms with E-state index in [1.807, 2.05) is 24.3 Å². The van der Waals surface area contributed by atoms with Gasteiger partial charge in [-0.25, -0.2) is 4.79 Å². The zero-order valence-corrected chi connectivity index (χ0v) is 16.4. The van der Waals surface area contributed by atoms with Crippen LogP contribution in [0.15, 0.2) is 48.5 Å². The molecule has 4 amide bonds. The maximum atomic E-state index is 12.1. The average molecular weight is 397 g/mol. The lowest BCUT2D eigenvalue weighted by atomic mass is 10.2. The Morgan fingerprint density at radius 1 is 1.07 bits per heavy atom. The van der Waals surface area contributed by atoms with E-state index in [1.165, 1.54) is 9.80 Å². The van der Waals surface area contributed by atoms with Crippen LogP contribution in [0.2, 0.25) is 0 Å². The van der Waals surface area contributed by atoms with Gasteiger partial charge in [-0.05, 0) is 42.8 Å². The van der Waals surface area contributed by atoms with E-state index in [0.29, 0.717) is 29.4 Å². The van der Waals surface area contributed by atoms with Crippen LogP contribution in [0.3, 0.4) is 0 Å². The Kier molecular flexibility index (Phi) is 6.33. The zero-order chi connectivity index (χ0) is 20.8. The Labute approximate surface area is 169 Å². The highest BCUT2D eigenvalue weighted by Gasteiger charge is 2.32. The number of carbonyl (C=O) groups excluding carboxylic acids is 3. The summed E-state index contributed by atoms with van der Waals surface area (Å²) in [7, 11) is 3.16. The normalized spacial score (nSPS) is 13.6. The van der Waals surface area contributed by atoms with Gasteiger partial charge in [0.1, 0.15) is 12.3 Å². The molecule has 1 fully saturated rings. The van der Waals surface area contributed by atoms with Gasteiger partial charge in [-0.3, -0.25) is 14.5 Å². The molecule has 2 aromatic rings. The predicted molar refractivity (Wildman–Crippen MR) is 107 cm³/mol. The second-order valence-corrected chi connectivity index (χ2v) is 6.61. The largest absolute Gasteiger partial charge is 0.493 e. The molecular formula is C21H23N3O5. The summed E-state index contributed by atoms with van der Waals surface area (Å²) >= 11 is 0. The van der Waals surface area contributed by atoms with E-state index in [4.69, 9.17) is 9.47 Å². The highest BCUT2D eigenvalue weighted by atomic mass is 16.5. The fourth-order valence-electron chi connectivity index (χ4n) is 2.95. The highest BCUT2D eigenvalue weighted by molar-refractivity contribution is 6.01. The van der Waals surface area contributed by atoms with E-state index in [2.05, 4.69) is 5.32 Å². The number of ether oxygens (including phenoxy) is 2. The maximum absolute atomic E-state index is 12.1. The van der Waals surface area contributed by atoms with Crippen molar-refractivity contribution < 1.29 is 23.9 Å². The molecule has 0 unspecified atom stereocenters. The van der Waals surface area contributed by atoms with Crippen molar-refractivity contribution in [2.45, 2.75) is 12.8 Å². The van der Waals surface area contributed by atoms with E-state index >= 15 is 0 Å². The van der Waals surface area contributed by atoms with Gasteiger partial charge in [0.25, 0.3) is 0 Å². The first-order valence-electron chi connectivity index (χ1n) is 9.24. The number of urea groups is 1. The number of likely N-dealkylation sites (N-methyl/N-ethyl adjacent to an activating group) is 1. The second kappa shape index (κ2) is 9.09. The summed E-state index contributed by atoms with van der Waals surface area (Å²) in [5.74, 6) is 1.43. The van der Waals surface area contributed by atoms with Crippen LogP contribution in [0.25, 0.3) is 0 Å². The molecule has 8 heteroatoms. The predicted octanol–water partition coefficient (Wildman–Crippen LogP) is 3.10. The second-order valence-electron chi connectivity index (χ2n) is 6.61. The minimum absolute atomic E-state index is 0.0916. The number of nitrogens with one attached hydrogen (secondary N) is 1. The van der Waals surface area contributed by atoms with Crippen LogP contribution in [-0.2, 0) is 9.59 Å². The number of nitrogens with zero attached hydrogens (tertiary/aromatic N) is 2. The SMILES string of the molecule is COc1ccccc1Oc1ccc(NC(=O)CCCN2C(=O)CN(C)C2=O)cc1. The molecular weight excluding hydrogens is 374 g/mol. The van der Waals surface area contributed by atoms with Crippen LogP contribution >= 0.6 is 0 Å². The van der Waals surface area contributed by atoms with Crippen molar-refractivity contribution in [2.75, 3.05) is 32.6 Å². The summed E-state index contributed by atoms with van der Waals surface area (Å²) in [4.78, 5) is 38.2. The molecule has 0 aromatic heterocycles. The van der Waals surface area contributed by atoms with Crippen molar-refractivity contribution in [3.05, 3.63) is 48.5 Å². The molecule has 2 aromatic carbocycles. The fraction of sp³-hybridized carbons (Fsp3) is 0.286. The van der Waals surface area contributed by atoms with Gasteiger partial charge in [0.2, 0.25) is 11.8 Å². The first kappa shape index (κ1) is 20.2. The summed E-state index contributed by atoms with van der Waals surface area (Å²) in [6.45, 7) is 0.329. The van der Waals surface area contributed by atoms with E-state index in [-0.39, 0.29) is 37.4 Å². The van der Waals surface area contributed by atoms with Gasteiger partial charge in [-0.2, -0.15) is 0 Å². The monoisotopic (exact) mass is 397 g/mol. The molecule has 29 heavy (non-hydrogen) atoms. The van der Waals surface area contributed by atoms with Gasteiger partial charge in [0.05, 0.1) is 7.11 Å². The van der Waals surface area contributed by atoms with Gasteiger partial charge in [0, 0.05) is 25.7 Å². The van der Waals surface area contributed by atoms with Crippen LogP contribution in [0, 0.1) is 0 Å². The standard InChI is InChI=1S/C21H23N3O5/c1-23-14-20(26)24(21(23)27)13-5-8-19(25)22-15-9-11-16(12-10-15)29-18-7-4-3-6-17(18)28-2/h3-4,6-7,9-12H,5,8,13-14H2,1-2H3,(H,22,25). The smallest absolute Gasteiger partial charge is 0.326 e. The third kappa shape index (κ3) is 5.04. The number of anilines is 1. The first-order chi connectivity index (χ1) is 14.0. The summed E-state index contributed by atoms with van der Waals surface area (Å²) in [6.07, 6.45) is 0.617. The van der Waals surface area contributed by atoms with Gasteiger partial charge in [-0.1, -0.05) is 12.1 Å². The third-order valence-electron chi connectivity index (χ3n) is 4.45. The van der Waals surface area contributed by atoms with E-state index in [0.717, 1.165) is 0 Å². The quantitative estimate of drug-likeness (QED) is 0.692. The molecule has 0 saturated carbocycles. The number of hydrogen-bond donors (Lipinski definition) is 1. The van der Waals surface area contributed by atoms with Crippen molar-refractivity contribution in [3.8, 4) is 17.2 Å². The van der Waals surface area contributed by atoms with Crippen molar-refractivity contribution in [1.82, 2.24) is 9.80 Å². The molecule has 1 aliphatic rings. The van der Waals surface area contributed by atoms with E-state index in [1.54, 1.807) is 38.4 Å². The average Bonchev–Trinajstić information content (AvgIpc) is 2.96. The summed E-state index contributed by atoms with van der Waals surface area (Å²) in [5.41, 5.74) is 0.635. The van der Waals surface area contributed by atoms with Crippen LogP contribution in [0.1, 0.15) is 12.8 Å². The molecule has 1 heterocycles. The number of amides is 4. The molecule has 3 rings (SSSR count). The van der Waals surface area contributed by atoms with Crippen molar-refractivity contribution in [3.63, 3.8) is 0 Å². The molecule has 0 radical (unpaired) electrons. The van der Waals surface area contributed by atoms with Gasteiger partial charge in [0.15, 0.2) is 11.5 Å². The Morgan fingerprint density at radius 2 is 1.76 bits per heavy atom. The van der Waals surface area contributed by atoms with Crippen molar-refractivity contribution >= 4 is 23.5 Å². The number of imide groups is 1. The summed E-state index contributed by atoms with van der Waals surface area (Å²) in [5, 5.41) is 2.79. The van der Waals surface area contributed by atoms with Crippen LogP contribution < -0.4 is 14.8 Å². The Balaban J connectivity index is 1.47. The van der Waals surface area contributed by atoms with Crippen molar-refractivity contribution in [1.29, 1.82) is 0 Å². The minimum atomic E-state index is -0.318. The Hall–Kier alpha value is -3.55. The molecule has 0 aliphatic carbocycles. The number of methoxy groups -OCH3 is 1. The van der Waals surface area contributed by atoms with Gasteiger partial charge in [-0.15, -0.1) is 0 Å². The number of rotatable bonds is 8. The number of hydrogen-bond acceptors (Lipinski definition) is 5. The van der Waals surface area contributed by atoms with Crippen molar-refractivity contribution in [2.24, 2.45) is 0 Å². The van der Waals surface area contributed by atoms with Crippen LogP contribution in [0.4, 0.5) is 10.5 Å². The minimum Gasteiger partial charge on any atom is -0.493 e. The lowest BCUT2D eigenvalue weighted by Gasteiger charge is -2.14. The highest BCUT2D eigenvalue weighted by Crippen LogP contribution is 2.31. The Bertz CT molecular complexity index is 897. The molecule has 1 N–H and O–H groups in total. The van der Waals surface area contributed by atoms with Crippen LogP contribution in [0.5, 0.6) is 17.2 Å². The third-order valence-corrected chi connectivity index (χ3v) is 4.45. The van der Waals surface area contributed by atoms with Crippen LogP contribution in [-0.4, -0.2) is 54.9 Å². The molecule has 1 saturated heterocycles. The molecule has 1 aliphatic heterocycles. The summed E-state index contributed by atoms with van der Waals surface area (Å²) < 4.78 is 11.1. The van der Waals surface area contributed by atoms with Gasteiger partial charge < -0.3 is 19.7 Å². The van der Waals surface area contributed by atoms with E-state index < -0.39 is 0 Å². The zero-order valence-electron chi connectivity index (χ0n) is 16.4.